The number of para-hydroxylation sites is 1. The summed E-state index contributed by atoms with van der Waals surface area (Å²) in [7, 11) is 0. The Morgan fingerprint density at radius 3 is 2.33 bits per heavy atom. The first-order valence-electron chi connectivity index (χ1n) is 5.24. The molecule has 1 aromatic heterocycles. The molecule has 0 amide bonds. The van der Waals surface area contributed by atoms with Gasteiger partial charge in [-0.15, -0.1) is 0 Å². The largest absolute Gasteiger partial charge is 0.338 e. The van der Waals surface area contributed by atoms with Crippen LogP contribution in [0.1, 0.15) is 0 Å². The SMILES string of the molecule is Clc1cc(Cl)cc(-c2nc3c(Cl)cccc3[nH]2)c1. The fourth-order valence-corrected chi connectivity index (χ4v) is 2.57. The summed E-state index contributed by atoms with van der Waals surface area (Å²) in [5.41, 5.74) is 2.46. The number of aromatic amines is 1. The third-order valence-corrected chi connectivity index (χ3v) is 3.34. The Hall–Kier alpha value is -1.22. The van der Waals surface area contributed by atoms with E-state index in [4.69, 9.17) is 34.8 Å². The molecule has 2 nitrogen and oxygen atoms in total. The van der Waals surface area contributed by atoms with Crippen LogP contribution in [-0.2, 0) is 0 Å². The van der Waals surface area contributed by atoms with Crippen molar-refractivity contribution in [3.63, 3.8) is 0 Å². The molecule has 0 spiro atoms. The molecular formula is C13H7Cl3N2. The lowest BCUT2D eigenvalue weighted by atomic mass is 10.2. The minimum Gasteiger partial charge on any atom is -0.338 e. The molecule has 0 unspecified atom stereocenters. The topological polar surface area (TPSA) is 28.7 Å². The Labute approximate surface area is 119 Å². The van der Waals surface area contributed by atoms with Crippen LogP contribution >= 0.6 is 34.8 Å². The number of halogens is 3. The van der Waals surface area contributed by atoms with Crippen molar-refractivity contribution in [1.82, 2.24) is 9.97 Å². The summed E-state index contributed by atoms with van der Waals surface area (Å²) in [6.45, 7) is 0. The van der Waals surface area contributed by atoms with E-state index in [0.717, 1.165) is 16.6 Å². The maximum atomic E-state index is 6.09. The molecule has 1 N–H and O–H groups in total. The van der Waals surface area contributed by atoms with Gasteiger partial charge in [0.15, 0.2) is 0 Å². The van der Waals surface area contributed by atoms with Crippen LogP contribution in [0.25, 0.3) is 22.4 Å². The lowest BCUT2D eigenvalue weighted by Crippen LogP contribution is -1.80. The second kappa shape index (κ2) is 4.47. The van der Waals surface area contributed by atoms with Crippen molar-refractivity contribution in [2.45, 2.75) is 0 Å². The molecule has 3 aromatic rings. The number of aromatic nitrogens is 2. The highest BCUT2D eigenvalue weighted by molar-refractivity contribution is 6.35. The second-order valence-electron chi connectivity index (χ2n) is 3.88. The lowest BCUT2D eigenvalue weighted by molar-refractivity contribution is 1.34. The third-order valence-electron chi connectivity index (χ3n) is 2.60. The summed E-state index contributed by atoms with van der Waals surface area (Å²) in [5.74, 6) is 0.697. The van der Waals surface area contributed by atoms with E-state index in [1.165, 1.54) is 0 Å². The summed E-state index contributed by atoms with van der Waals surface area (Å²) in [6.07, 6.45) is 0. The molecule has 0 saturated carbocycles. The summed E-state index contributed by atoms with van der Waals surface area (Å²) in [4.78, 5) is 7.65. The van der Waals surface area contributed by atoms with Gasteiger partial charge in [-0.2, -0.15) is 0 Å². The van der Waals surface area contributed by atoms with Gasteiger partial charge in [-0.3, -0.25) is 0 Å². The number of rotatable bonds is 1. The summed E-state index contributed by atoms with van der Waals surface area (Å²) >= 11 is 18.0. The maximum Gasteiger partial charge on any atom is 0.138 e. The highest BCUT2D eigenvalue weighted by Crippen LogP contribution is 2.29. The number of fused-ring (bicyclic) bond motifs is 1. The van der Waals surface area contributed by atoms with Gasteiger partial charge in [0.2, 0.25) is 0 Å². The van der Waals surface area contributed by atoms with E-state index in [0.29, 0.717) is 20.9 Å². The van der Waals surface area contributed by atoms with Gasteiger partial charge < -0.3 is 4.98 Å². The average Bonchev–Trinajstić information content (AvgIpc) is 2.73. The Balaban J connectivity index is 2.22. The highest BCUT2D eigenvalue weighted by atomic mass is 35.5. The minimum atomic E-state index is 0.573. The molecule has 0 aliphatic heterocycles. The molecule has 1 heterocycles. The van der Waals surface area contributed by atoms with Gasteiger partial charge in [-0.1, -0.05) is 40.9 Å². The lowest BCUT2D eigenvalue weighted by Gasteiger charge is -1.98. The minimum absolute atomic E-state index is 0.573. The van der Waals surface area contributed by atoms with Crippen molar-refractivity contribution in [2.75, 3.05) is 0 Å². The molecule has 18 heavy (non-hydrogen) atoms. The van der Waals surface area contributed by atoms with E-state index in [1.54, 1.807) is 24.3 Å². The van der Waals surface area contributed by atoms with Crippen molar-refractivity contribution in [3.05, 3.63) is 51.5 Å². The number of imidazole rings is 1. The van der Waals surface area contributed by atoms with Gasteiger partial charge in [0, 0.05) is 15.6 Å². The molecule has 0 bridgehead atoms. The predicted molar refractivity (Wildman–Crippen MR) is 76.6 cm³/mol. The Kier molecular flexibility index (Phi) is 2.94. The number of nitrogens with zero attached hydrogens (tertiary/aromatic N) is 1. The van der Waals surface area contributed by atoms with E-state index >= 15 is 0 Å². The smallest absolute Gasteiger partial charge is 0.138 e. The van der Waals surface area contributed by atoms with Crippen LogP contribution in [0.4, 0.5) is 0 Å². The van der Waals surface area contributed by atoms with Crippen molar-refractivity contribution in [1.29, 1.82) is 0 Å². The zero-order valence-corrected chi connectivity index (χ0v) is 11.3. The normalized spacial score (nSPS) is 11.1. The second-order valence-corrected chi connectivity index (χ2v) is 5.16. The molecule has 2 aromatic carbocycles. The summed E-state index contributed by atoms with van der Waals surface area (Å²) in [6, 6.07) is 10.9. The zero-order chi connectivity index (χ0) is 12.7. The highest BCUT2D eigenvalue weighted by Gasteiger charge is 2.09. The van der Waals surface area contributed by atoms with Crippen LogP contribution < -0.4 is 0 Å². The Morgan fingerprint density at radius 1 is 0.944 bits per heavy atom. The first-order chi connectivity index (χ1) is 8.63. The fourth-order valence-electron chi connectivity index (χ4n) is 1.82. The number of nitrogens with one attached hydrogen (secondary N) is 1. The van der Waals surface area contributed by atoms with Gasteiger partial charge in [0.1, 0.15) is 11.3 Å². The zero-order valence-electron chi connectivity index (χ0n) is 9.05. The van der Waals surface area contributed by atoms with Crippen molar-refractivity contribution >= 4 is 45.8 Å². The first-order valence-corrected chi connectivity index (χ1v) is 6.37. The van der Waals surface area contributed by atoms with Gasteiger partial charge in [-0.25, -0.2) is 4.98 Å². The summed E-state index contributed by atoms with van der Waals surface area (Å²) < 4.78 is 0. The van der Waals surface area contributed by atoms with Crippen LogP contribution in [0.5, 0.6) is 0 Å². The molecule has 0 aliphatic rings. The molecule has 90 valence electrons. The molecule has 5 heteroatoms. The Bertz CT molecular complexity index is 714. The van der Waals surface area contributed by atoms with Crippen LogP contribution in [0.2, 0.25) is 15.1 Å². The monoisotopic (exact) mass is 296 g/mol. The van der Waals surface area contributed by atoms with E-state index < -0.39 is 0 Å². The third kappa shape index (κ3) is 2.07. The number of benzene rings is 2. The quantitative estimate of drug-likeness (QED) is 0.658. The van der Waals surface area contributed by atoms with Gasteiger partial charge >= 0.3 is 0 Å². The first kappa shape index (κ1) is 11.8. The van der Waals surface area contributed by atoms with E-state index in [2.05, 4.69) is 9.97 Å². The van der Waals surface area contributed by atoms with E-state index in [1.807, 2.05) is 12.1 Å². The Morgan fingerprint density at radius 2 is 1.67 bits per heavy atom. The molecule has 0 radical (unpaired) electrons. The molecule has 0 fully saturated rings. The van der Waals surface area contributed by atoms with Gasteiger partial charge in [0.05, 0.1) is 10.5 Å². The van der Waals surface area contributed by atoms with Crippen molar-refractivity contribution in [3.8, 4) is 11.4 Å². The van der Waals surface area contributed by atoms with Gasteiger partial charge in [0.25, 0.3) is 0 Å². The predicted octanol–water partition coefficient (Wildman–Crippen LogP) is 5.19. The van der Waals surface area contributed by atoms with Crippen LogP contribution in [0, 0.1) is 0 Å². The summed E-state index contributed by atoms with van der Waals surface area (Å²) in [5, 5.41) is 1.76. The molecular weight excluding hydrogens is 291 g/mol. The van der Waals surface area contributed by atoms with Crippen molar-refractivity contribution < 1.29 is 0 Å². The van der Waals surface area contributed by atoms with Crippen LogP contribution in [0.15, 0.2) is 36.4 Å². The van der Waals surface area contributed by atoms with Gasteiger partial charge in [-0.05, 0) is 30.3 Å². The van der Waals surface area contributed by atoms with E-state index in [9.17, 15) is 0 Å². The molecule has 0 saturated heterocycles. The van der Waals surface area contributed by atoms with Crippen LogP contribution in [0.3, 0.4) is 0 Å². The van der Waals surface area contributed by atoms with Crippen molar-refractivity contribution in [2.24, 2.45) is 0 Å². The number of hydrogen-bond acceptors (Lipinski definition) is 1. The van der Waals surface area contributed by atoms with Crippen LogP contribution in [-0.4, -0.2) is 9.97 Å². The molecule has 0 atom stereocenters. The standard InChI is InChI=1S/C13H7Cl3N2/c14-8-4-7(5-9(15)6-8)13-17-11-3-1-2-10(16)12(11)18-13/h1-6H,(H,17,18). The fraction of sp³-hybridized carbons (Fsp3) is 0. The molecule has 3 rings (SSSR count). The average molecular weight is 298 g/mol. The number of H-pyrrole nitrogens is 1. The maximum absolute atomic E-state index is 6.09. The van der Waals surface area contributed by atoms with E-state index in [-0.39, 0.29) is 0 Å². The number of hydrogen-bond donors (Lipinski definition) is 1. The molecule has 0 aliphatic carbocycles.